The minimum atomic E-state index is -1.10. The van der Waals surface area contributed by atoms with Crippen LogP contribution in [0, 0.1) is 5.92 Å². The van der Waals surface area contributed by atoms with E-state index in [2.05, 4.69) is 13.8 Å². The summed E-state index contributed by atoms with van der Waals surface area (Å²) in [5.41, 5.74) is 2.15. The second-order valence-corrected chi connectivity index (χ2v) is 4.26. The Morgan fingerprint density at radius 2 is 2.06 bits per heavy atom. The summed E-state index contributed by atoms with van der Waals surface area (Å²) in [6.07, 6.45) is 4.60. The molecule has 0 aromatic heterocycles. The molecule has 1 aromatic rings. The summed E-state index contributed by atoms with van der Waals surface area (Å²) in [5, 5.41) is 11.0. The van der Waals surface area contributed by atoms with Crippen LogP contribution in [0.5, 0.6) is 0 Å². The van der Waals surface area contributed by atoms with Gasteiger partial charge in [0, 0.05) is 0 Å². The van der Waals surface area contributed by atoms with Crippen molar-refractivity contribution in [1.29, 1.82) is 0 Å². The van der Waals surface area contributed by atoms with Gasteiger partial charge in [-0.2, -0.15) is 0 Å². The topological polar surface area (TPSA) is 37.0 Å². The lowest BCUT2D eigenvalue weighted by atomic mass is 9.93. The monoisotopic (exact) mass is 217 g/mol. The van der Waals surface area contributed by atoms with E-state index in [1.807, 2.05) is 25.1 Å². The Bertz CT molecular complexity index is 403. The predicted molar refractivity (Wildman–Crippen MR) is 64.7 cm³/mol. The molecule has 0 amide bonds. The summed E-state index contributed by atoms with van der Waals surface area (Å²) >= 11 is 0. The zero-order chi connectivity index (χ0) is 12.1. The third-order valence-electron chi connectivity index (χ3n) is 2.39. The van der Waals surface area contributed by atoms with Gasteiger partial charge in [-0.1, -0.05) is 38.1 Å². The molecular formula is C14H17O2. The number of rotatable bonds is 4. The van der Waals surface area contributed by atoms with Crippen LogP contribution in [0.2, 0.25) is 0 Å². The first kappa shape index (κ1) is 12.5. The highest BCUT2D eigenvalue weighted by Gasteiger charge is 2.14. The van der Waals surface area contributed by atoms with E-state index in [9.17, 15) is 9.90 Å². The molecule has 0 bridgehead atoms. The number of allylic oxidation sites excluding steroid dienone is 1. The maximum Gasteiger partial charge on any atom is 0.386 e. The van der Waals surface area contributed by atoms with Gasteiger partial charge in [-0.25, -0.2) is 9.90 Å². The molecule has 0 aliphatic carbocycles. The van der Waals surface area contributed by atoms with Gasteiger partial charge < -0.3 is 0 Å². The fraction of sp³-hybridized carbons (Fsp3) is 0.357. The van der Waals surface area contributed by atoms with Gasteiger partial charge in [0.15, 0.2) is 0 Å². The zero-order valence-electron chi connectivity index (χ0n) is 9.99. The van der Waals surface area contributed by atoms with E-state index in [0.29, 0.717) is 11.5 Å². The Kier molecular flexibility index (Phi) is 4.29. The molecule has 0 aliphatic rings. The molecule has 0 aliphatic heterocycles. The standard InChI is InChI=1S/C14H17O2/c1-4-6-11-7-5-8-12(14(15)16)13(11)9-10(2)3/h4-8,10H,9H2,1-3H3/b6-4+. The van der Waals surface area contributed by atoms with Crippen molar-refractivity contribution in [1.82, 2.24) is 0 Å². The fourth-order valence-electron chi connectivity index (χ4n) is 1.77. The van der Waals surface area contributed by atoms with E-state index < -0.39 is 5.97 Å². The number of carbonyl (C=O) groups excluding carboxylic acids is 1. The van der Waals surface area contributed by atoms with E-state index >= 15 is 0 Å². The molecule has 2 nitrogen and oxygen atoms in total. The van der Waals surface area contributed by atoms with Crippen LogP contribution < -0.4 is 0 Å². The first-order valence-corrected chi connectivity index (χ1v) is 5.52. The molecule has 0 fully saturated rings. The SMILES string of the molecule is C/C=C/c1cccc(C([O])=O)c1CC(C)C. The molecule has 0 atom stereocenters. The van der Waals surface area contributed by atoms with Crippen molar-refractivity contribution >= 4 is 12.0 Å². The van der Waals surface area contributed by atoms with Crippen molar-refractivity contribution < 1.29 is 9.90 Å². The van der Waals surface area contributed by atoms with E-state index in [0.717, 1.165) is 17.5 Å². The quantitative estimate of drug-likeness (QED) is 0.760. The molecule has 2 heteroatoms. The Morgan fingerprint density at radius 3 is 2.56 bits per heavy atom. The molecule has 16 heavy (non-hydrogen) atoms. The largest absolute Gasteiger partial charge is 0.386 e. The first-order chi connectivity index (χ1) is 7.56. The highest BCUT2D eigenvalue weighted by atomic mass is 16.4. The summed E-state index contributed by atoms with van der Waals surface area (Å²) in [4.78, 5) is 11.0. The summed E-state index contributed by atoms with van der Waals surface area (Å²) in [6.45, 7) is 6.07. The van der Waals surface area contributed by atoms with Crippen LogP contribution in [-0.4, -0.2) is 5.97 Å². The molecule has 0 unspecified atom stereocenters. The van der Waals surface area contributed by atoms with E-state index in [1.165, 1.54) is 0 Å². The molecule has 0 N–H and O–H groups in total. The second-order valence-electron chi connectivity index (χ2n) is 4.26. The van der Waals surface area contributed by atoms with Gasteiger partial charge in [0.25, 0.3) is 0 Å². The molecule has 1 radical (unpaired) electrons. The highest BCUT2D eigenvalue weighted by molar-refractivity contribution is 5.90. The minimum Gasteiger partial charge on any atom is -0.241 e. The Labute approximate surface area is 96.6 Å². The van der Waals surface area contributed by atoms with Crippen molar-refractivity contribution in [3.05, 3.63) is 41.0 Å². The van der Waals surface area contributed by atoms with Crippen molar-refractivity contribution in [2.75, 3.05) is 0 Å². The molecular weight excluding hydrogens is 200 g/mol. The van der Waals surface area contributed by atoms with Crippen molar-refractivity contribution in [2.24, 2.45) is 5.92 Å². The Morgan fingerprint density at radius 1 is 1.38 bits per heavy atom. The van der Waals surface area contributed by atoms with Crippen LogP contribution in [0.1, 0.15) is 42.3 Å². The summed E-state index contributed by atoms with van der Waals surface area (Å²) in [6, 6.07) is 5.30. The third kappa shape index (κ3) is 2.96. The summed E-state index contributed by atoms with van der Waals surface area (Å²) in [7, 11) is 0. The van der Waals surface area contributed by atoms with Gasteiger partial charge in [-0.3, -0.25) is 0 Å². The lowest BCUT2D eigenvalue weighted by molar-refractivity contribution is 0.0571. The normalized spacial score (nSPS) is 11.2. The molecule has 85 valence electrons. The summed E-state index contributed by atoms with van der Waals surface area (Å²) < 4.78 is 0. The van der Waals surface area contributed by atoms with Crippen LogP contribution in [0.4, 0.5) is 0 Å². The van der Waals surface area contributed by atoms with Crippen molar-refractivity contribution in [3.63, 3.8) is 0 Å². The second kappa shape index (κ2) is 5.50. The highest BCUT2D eigenvalue weighted by Crippen LogP contribution is 2.20. The Hall–Kier alpha value is -1.57. The lowest BCUT2D eigenvalue weighted by Gasteiger charge is -2.11. The number of carbonyl (C=O) groups is 1. The molecule has 1 rings (SSSR count). The van der Waals surface area contributed by atoms with E-state index in [4.69, 9.17) is 0 Å². The molecule has 0 saturated carbocycles. The van der Waals surface area contributed by atoms with Crippen molar-refractivity contribution in [3.8, 4) is 0 Å². The number of hydrogen-bond acceptors (Lipinski definition) is 1. The average molecular weight is 217 g/mol. The van der Waals surface area contributed by atoms with E-state index in [-0.39, 0.29) is 0 Å². The zero-order valence-corrected chi connectivity index (χ0v) is 9.99. The molecule has 0 saturated heterocycles. The third-order valence-corrected chi connectivity index (χ3v) is 2.39. The maximum atomic E-state index is 11.0. The van der Waals surface area contributed by atoms with Gasteiger partial charge in [0.2, 0.25) is 0 Å². The smallest absolute Gasteiger partial charge is 0.241 e. The lowest BCUT2D eigenvalue weighted by Crippen LogP contribution is -2.06. The predicted octanol–water partition coefficient (Wildman–Crippen LogP) is 3.49. The molecule has 1 aromatic carbocycles. The van der Waals surface area contributed by atoms with Gasteiger partial charge >= 0.3 is 5.97 Å². The van der Waals surface area contributed by atoms with Gasteiger partial charge in [0.05, 0.1) is 5.56 Å². The van der Waals surface area contributed by atoms with Crippen LogP contribution in [0.15, 0.2) is 24.3 Å². The van der Waals surface area contributed by atoms with Crippen LogP contribution in [0.3, 0.4) is 0 Å². The van der Waals surface area contributed by atoms with Crippen LogP contribution >= 0.6 is 0 Å². The summed E-state index contributed by atoms with van der Waals surface area (Å²) in [5.74, 6) is -0.675. The fourth-order valence-corrected chi connectivity index (χ4v) is 1.77. The van der Waals surface area contributed by atoms with Crippen LogP contribution in [0.25, 0.3) is 6.08 Å². The maximum absolute atomic E-state index is 11.0. The van der Waals surface area contributed by atoms with Gasteiger partial charge in [-0.05, 0) is 36.5 Å². The number of benzene rings is 1. The van der Waals surface area contributed by atoms with Crippen molar-refractivity contribution in [2.45, 2.75) is 27.2 Å². The van der Waals surface area contributed by atoms with Gasteiger partial charge in [0.1, 0.15) is 0 Å². The average Bonchev–Trinajstić information content (AvgIpc) is 2.19. The van der Waals surface area contributed by atoms with Crippen LogP contribution in [-0.2, 0) is 11.5 Å². The minimum absolute atomic E-state index is 0.310. The first-order valence-electron chi connectivity index (χ1n) is 5.52. The van der Waals surface area contributed by atoms with E-state index in [1.54, 1.807) is 12.1 Å². The molecule has 0 spiro atoms. The number of hydrogen-bond donors (Lipinski definition) is 0. The Balaban J connectivity index is 3.28. The molecule has 0 heterocycles. The van der Waals surface area contributed by atoms with Gasteiger partial charge in [-0.15, -0.1) is 0 Å².